The molecular weight excluding hydrogens is 460 g/mol. The third kappa shape index (κ3) is 5.33. The third-order valence-electron chi connectivity index (χ3n) is 9.29. The van der Waals surface area contributed by atoms with E-state index in [1.165, 1.54) is 38.5 Å². The molecule has 3 aliphatic rings. The second-order valence-corrected chi connectivity index (χ2v) is 11.3. The first-order chi connectivity index (χ1) is 17.4. The highest BCUT2D eigenvalue weighted by molar-refractivity contribution is 5.67. The molecule has 5 rings (SSSR count). The molecule has 0 aliphatic heterocycles. The molecule has 2 aromatic rings. The van der Waals surface area contributed by atoms with Crippen molar-refractivity contribution >= 4 is 5.57 Å². The van der Waals surface area contributed by atoms with E-state index < -0.39 is 17.5 Å². The molecule has 1 atom stereocenters. The van der Waals surface area contributed by atoms with Crippen molar-refractivity contribution in [2.75, 3.05) is 0 Å². The Morgan fingerprint density at radius 2 is 1.28 bits per heavy atom. The van der Waals surface area contributed by atoms with E-state index in [0.29, 0.717) is 42.2 Å². The Balaban J connectivity index is 1.19. The lowest BCUT2D eigenvalue weighted by atomic mass is 9.68. The largest absolute Gasteiger partial charge is 0.206 e. The van der Waals surface area contributed by atoms with Crippen molar-refractivity contribution in [3.05, 3.63) is 89.0 Å². The summed E-state index contributed by atoms with van der Waals surface area (Å²) in [6, 6.07) is 7.90. The maximum Gasteiger partial charge on any atom is 0.194 e. The van der Waals surface area contributed by atoms with Crippen molar-refractivity contribution in [3.63, 3.8) is 0 Å². The van der Waals surface area contributed by atoms with Gasteiger partial charge in [-0.1, -0.05) is 24.3 Å². The molecule has 2 aromatic carbocycles. The second kappa shape index (κ2) is 10.9. The highest BCUT2D eigenvalue weighted by atomic mass is 19.2. The summed E-state index contributed by atoms with van der Waals surface area (Å²) in [6.07, 6.45) is 15.9. The van der Waals surface area contributed by atoms with Crippen LogP contribution >= 0.6 is 0 Å². The van der Waals surface area contributed by atoms with Crippen LogP contribution in [-0.2, 0) is 0 Å². The summed E-state index contributed by atoms with van der Waals surface area (Å²) < 4.78 is 55.8. The summed E-state index contributed by atoms with van der Waals surface area (Å²) in [6.45, 7) is 3.96. The van der Waals surface area contributed by atoms with Gasteiger partial charge < -0.3 is 0 Å². The molecule has 192 valence electrons. The second-order valence-electron chi connectivity index (χ2n) is 11.3. The van der Waals surface area contributed by atoms with E-state index in [4.69, 9.17) is 0 Å². The van der Waals surface area contributed by atoms with Gasteiger partial charge >= 0.3 is 0 Å². The molecule has 3 aliphatic carbocycles. The summed E-state index contributed by atoms with van der Waals surface area (Å²) in [5.41, 5.74) is 3.14. The smallest absolute Gasteiger partial charge is 0.194 e. The number of allylic oxidation sites excluding steroid dienone is 3. The number of benzene rings is 2. The van der Waals surface area contributed by atoms with Crippen LogP contribution in [0.5, 0.6) is 0 Å². The lowest BCUT2D eigenvalue weighted by molar-refractivity contribution is 0.171. The van der Waals surface area contributed by atoms with Crippen molar-refractivity contribution < 1.29 is 17.6 Å². The number of rotatable bonds is 5. The Morgan fingerprint density at radius 3 is 1.83 bits per heavy atom. The van der Waals surface area contributed by atoms with Gasteiger partial charge in [-0.25, -0.2) is 17.6 Å². The molecule has 0 saturated heterocycles. The van der Waals surface area contributed by atoms with Gasteiger partial charge in [0.05, 0.1) is 0 Å². The standard InChI is InChI=1S/C32H36F4/c1-2-20-3-5-21(6-4-20)22-7-9-23(10-8-22)26-15-16-28(29(33)17-26)25-13-11-24(12-14-25)27-18-30(34)32(36)31(35)19-27/h2,13,15-24H,1,3-12,14H2. The predicted octanol–water partition coefficient (Wildman–Crippen LogP) is 9.86. The van der Waals surface area contributed by atoms with Gasteiger partial charge in [-0.05, 0) is 135 Å². The monoisotopic (exact) mass is 496 g/mol. The molecule has 0 nitrogen and oxygen atoms in total. The SMILES string of the molecule is C=CC1CCC(C2CCC(c3ccc(C4=CCC(c5cc(F)c(F)c(F)c5)CC4)c(F)c3)CC2)CC1. The Bertz CT molecular complexity index is 1090. The van der Waals surface area contributed by atoms with Crippen LogP contribution in [-0.4, -0.2) is 0 Å². The lowest BCUT2D eigenvalue weighted by Gasteiger charge is -2.37. The topological polar surface area (TPSA) is 0 Å². The van der Waals surface area contributed by atoms with Gasteiger partial charge in [0.15, 0.2) is 17.5 Å². The Morgan fingerprint density at radius 1 is 0.667 bits per heavy atom. The maximum absolute atomic E-state index is 15.2. The zero-order valence-corrected chi connectivity index (χ0v) is 20.9. The highest BCUT2D eigenvalue weighted by Crippen LogP contribution is 2.45. The normalized spacial score (nSPS) is 29.0. The molecule has 2 fully saturated rings. The first kappa shape index (κ1) is 25.3. The summed E-state index contributed by atoms with van der Waals surface area (Å²) in [7, 11) is 0. The zero-order chi connectivity index (χ0) is 25.2. The van der Waals surface area contributed by atoms with E-state index in [2.05, 4.69) is 18.7 Å². The van der Waals surface area contributed by atoms with Crippen LogP contribution in [0.4, 0.5) is 17.6 Å². The fourth-order valence-electron chi connectivity index (χ4n) is 7.01. The van der Waals surface area contributed by atoms with Crippen LogP contribution in [0, 0.1) is 41.0 Å². The Kier molecular flexibility index (Phi) is 7.69. The predicted molar refractivity (Wildman–Crippen MR) is 138 cm³/mol. The van der Waals surface area contributed by atoms with Crippen LogP contribution in [0.15, 0.2) is 49.1 Å². The maximum atomic E-state index is 15.2. The van der Waals surface area contributed by atoms with Crippen LogP contribution in [0.1, 0.15) is 99.2 Å². The van der Waals surface area contributed by atoms with Crippen LogP contribution in [0.2, 0.25) is 0 Å². The van der Waals surface area contributed by atoms with E-state index in [0.717, 1.165) is 47.9 Å². The van der Waals surface area contributed by atoms with E-state index >= 15 is 4.39 Å². The van der Waals surface area contributed by atoms with Gasteiger partial charge in [0.1, 0.15) is 5.82 Å². The zero-order valence-electron chi connectivity index (χ0n) is 20.9. The van der Waals surface area contributed by atoms with E-state index in [1.54, 1.807) is 6.07 Å². The number of hydrogen-bond acceptors (Lipinski definition) is 0. The molecule has 0 heterocycles. The summed E-state index contributed by atoms with van der Waals surface area (Å²) in [5, 5.41) is 0. The van der Waals surface area contributed by atoms with E-state index in [1.807, 2.05) is 12.1 Å². The highest BCUT2D eigenvalue weighted by Gasteiger charge is 2.31. The van der Waals surface area contributed by atoms with Crippen molar-refractivity contribution in [1.82, 2.24) is 0 Å². The molecule has 0 aromatic heterocycles. The van der Waals surface area contributed by atoms with Gasteiger partial charge in [-0.15, -0.1) is 6.58 Å². The Hall–Kier alpha value is -2.36. The molecule has 36 heavy (non-hydrogen) atoms. The molecule has 4 heteroatoms. The average molecular weight is 497 g/mol. The number of hydrogen-bond donors (Lipinski definition) is 0. The van der Waals surface area contributed by atoms with Crippen molar-refractivity contribution in [2.24, 2.45) is 17.8 Å². The minimum atomic E-state index is -1.43. The minimum Gasteiger partial charge on any atom is -0.206 e. The van der Waals surface area contributed by atoms with Crippen molar-refractivity contribution in [1.29, 1.82) is 0 Å². The average Bonchev–Trinajstić information content (AvgIpc) is 2.92. The molecule has 0 amide bonds. The van der Waals surface area contributed by atoms with Gasteiger partial charge in [0.25, 0.3) is 0 Å². The third-order valence-corrected chi connectivity index (χ3v) is 9.29. The molecule has 1 unspecified atom stereocenters. The molecular formula is C32H36F4. The van der Waals surface area contributed by atoms with E-state index in [9.17, 15) is 13.2 Å². The van der Waals surface area contributed by atoms with Crippen molar-refractivity contribution in [3.8, 4) is 0 Å². The summed E-state index contributed by atoms with van der Waals surface area (Å²) in [5.74, 6) is -1.21. The van der Waals surface area contributed by atoms with Gasteiger partial charge in [-0.2, -0.15) is 0 Å². The Labute approximate surface area is 212 Å². The molecule has 0 N–H and O–H groups in total. The van der Waals surface area contributed by atoms with Crippen LogP contribution in [0.3, 0.4) is 0 Å². The summed E-state index contributed by atoms with van der Waals surface area (Å²) in [4.78, 5) is 0. The quantitative estimate of drug-likeness (QED) is 0.219. The van der Waals surface area contributed by atoms with Gasteiger partial charge in [0.2, 0.25) is 0 Å². The van der Waals surface area contributed by atoms with E-state index in [-0.39, 0.29) is 11.7 Å². The fourth-order valence-corrected chi connectivity index (χ4v) is 7.01. The first-order valence-corrected chi connectivity index (χ1v) is 13.7. The van der Waals surface area contributed by atoms with Gasteiger partial charge in [-0.3, -0.25) is 0 Å². The minimum absolute atomic E-state index is 0.0947. The molecule has 0 bridgehead atoms. The molecule has 0 radical (unpaired) electrons. The first-order valence-electron chi connectivity index (χ1n) is 13.7. The van der Waals surface area contributed by atoms with Crippen molar-refractivity contribution in [2.45, 2.75) is 82.5 Å². The number of halogens is 4. The van der Waals surface area contributed by atoms with Gasteiger partial charge in [0, 0.05) is 5.56 Å². The fraction of sp³-hybridized carbons (Fsp3) is 0.500. The lowest BCUT2D eigenvalue weighted by Crippen LogP contribution is -2.25. The molecule has 0 spiro atoms. The summed E-state index contributed by atoms with van der Waals surface area (Å²) >= 11 is 0. The molecule has 2 saturated carbocycles. The van der Waals surface area contributed by atoms with Crippen LogP contribution < -0.4 is 0 Å². The van der Waals surface area contributed by atoms with Crippen LogP contribution in [0.25, 0.3) is 5.57 Å².